The molecule has 0 atom stereocenters. The predicted octanol–water partition coefficient (Wildman–Crippen LogP) is 2.98. The fourth-order valence-electron chi connectivity index (χ4n) is 2.33. The zero-order valence-corrected chi connectivity index (χ0v) is 10.9. The van der Waals surface area contributed by atoms with Crippen LogP contribution in [0.15, 0.2) is 55.0 Å². The lowest BCUT2D eigenvalue weighted by atomic mass is 10.1. The molecule has 0 bridgehead atoms. The summed E-state index contributed by atoms with van der Waals surface area (Å²) in [5.74, 6) is -0.892. The maximum atomic E-state index is 10.9. The third kappa shape index (κ3) is 2.40. The minimum absolute atomic E-state index is 0.324. The van der Waals surface area contributed by atoms with E-state index < -0.39 is 5.97 Å². The SMILES string of the molecule is O=C(O)c1ccc2c(ccn2CCc2ccncc2)c1. The largest absolute Gasteiger partial charge is 0.478 e. The zero-order valence-electron chi connectivity index (χ0n) is 10.9. The molecule has 100 valence electrons. The normalized spacial score (nSPS) is 10.8. The van der Waals surface area contributed by atoms with E-state index in [0.29, 0.717) is 5.56 Å². The van der Waals surface area contributed by atoms with Crippen molar-refractivity contribution in [3.8, 4) is 0 Å². The maximum absolute atomic E-state index is 10.9. The topological polar surface area (TPSA) is 55.1 Å². The molecule has 0 unspecified atom stereocenters. The molecular formula is C16H14N2O2. The van der Waals surface area contributed by atoms with Crippen LogP contribution in [-0.4, -0.2) is 20.6 Å². The van der Waals surface area contributed by atoms with Crippen molar-refractivity contribution in [2.24, 2.45) is 0 Å². The van der Waals surface area contributed by atoms with Crippen LogP contribution < -0.4 is 0 Å². The van der Waals surface area contributed by atoms with E-state index >= 15 is 0 Å². The maximum Gasteiger partial charge on any atom is 0.335 e. The number of benzene rings is 1. The molecule has 0 aliphatic heterocycles. The molecule has 20 heavy (non-hydrogen) atoms. The summed E-state index contributed by atoms with van der Waals surface area (Å²) in [6, 6.07) is 11.2. The van der Waals surface area contributed by atoms with Crippen molar-refractivity contribution < 1.29 is 9.90 Å². The van der Waals surface area contributed by atoms with Crippen LogP contribution in [0, 0.1) is 0 Å². The van der Waals surface area contributed by atoms with Gasteiger partial charge in [0, 0.05) is 36.0 Å². The molecule has 4 heteroatoms. The molecule has 0 saturated carbocycles. The first kappa shape index (κ1) is 12.4. The number of rotatable bonds is 4. The molecular weight excluding hydrogens is 252 g/mol. The molecule has 0 aliphatic rings. The third-order valence-corrected chi connectivity index (χ3v) is 3.41. The summed E-state index contributed by atoms with van der Waals surface area (Å²) < 4.78 is 2.14. The van der Waals surface area contributed by atoms with Gasteiger partial charge in [0.1, 0.15) is 0 Å². The highest BCUT2D eigenvalue weighted by Crippen LogP contribution is 2.18. The second kappa shape index (κ2) is 5.17. The summed E-state index contributed by atoms with van der Waals surface area (Å²) in [6.45, 7) is 0.861. The molecule has 1 aromatic carbocycles. The molecule has 2 aromatic heterocycles. The van der Waals surface area contributed by atoms with Gasteiger partial charge in [0.25, 0.3) is 0 Å². The summed E-state index contributed by atoms with van der Waals surface area (Å²) >= 11 is 0. The Morgan fingerprint density at radius 1 is 1.15 bits per heavy atom. The van der Waals surface area contributed by atoms with Gasteiger partial charge in [-0.2, -0.15) is 0 Å². The minimum Gasteiger partial charge on any atom is -0.478 e. The molecule has 2 heterocycles. The number of carbonyl (C=O) groups is 1. The Hall–Kier alpha value is -2.62. The minimum atomic E-state index is -0.892. The fraction of sp³-hybridized carbons (Fsp3) is 0.125. The van der Waals surface area contributed by atoms with Crippen molar-refractivity contribution in [3.05, 3.63) is 66.1 Å². The van der Waals surface area contributed by atoms with Crippen LogP contribution in [0.5, 0.6) is 0 Å². The molecule has 3 aromatic rings. The van der Waals surface area contributed by atoms with Crippen molar-refractivity contribution in [2.75, 3.05) is 0 Å². The van der Waals surface area contributed by atoms with Crippen molar-refractivity contribution in [2.45, 2.75) is 13.0 Å². The first-order valence-electron chi connectivity index (χ1n) is 6.45. The van der Waals surface area contributed by atoms with Gasteiger partial charge in [-0.05, 0) is 48.4 Å². The number of nitrogens with zero attached hydrogens (tertiary/aromatic N) is 2. The number of aromatic carboxylic acids is 1. The first-order valence-corrected chi connectivity index (χ1v) is 6.45. The van der Waals surface area contributed by atoms with Gasteiger partial charge in [-0.25, -0.2) is 4.79 Å². The van der Waals surface area contributed by atoms with E-state index in [2.05, 4.69) is 9.55 Å². The summed E-state index contributed by atoms with van der Waals surface area (Å²) in [5, 5.41) is 9.95. The van der Waals surface area contributed by atoms with E-state index in [9.17, 15) is 4.79 Å². The molecule has 0 saturated heterocycles. The van der Waals surface area contributed by atoms with E-state index in [0.717, 1.165) is 23.9 Å². The van der Waals surface area contributed by atoms with Crippen LogP contribution in [0.25, 0.3) is 10.9 Å². The van der Waals surface area contributed by atoms with Crippen LogP contribution in [0.4, 0.5) is 0 Å². The summed E-state index contributed by atoms with van der Waals surface area (Å²) in [4.78, 5) is 15.0. The fourth-order valence-corrected chi connectivity index (χ4v) is 2.33. The number of carboxylic acids is 1. The number of hydrogen-bond donors (Lipinski definition) is 1. The lowest BCUT2D eigenvalue weighted by molar-refractivity contribution is 0.0697. The van der Waals surface area contributed by atoms with Gasteiger partial charge in [-0.1, -0.05) is 0 Å². The molecule has 0 radical (unpaired) electrons. The smallest absolute Gasteiger partial charge is 0.335 e. The Kier molecular flexibility index (Phi) is 3.21. The van der Waals surface area contributed by atoms with Crippen molar-refractivity contribution in [1.29, 1.82) is 0 Å². The highest BCUT2D eigenvalue weighted by atomic mass is 16.4. The van der Waals surface area contributed by atoms with Crippen LogP contribution >= 0.6 is 0 Å². The quantitative estimate of drug-likeness (QED) is 0.789. The molecule has 1 N–H and O–H groups in total. The van der Waals surface area contributed by atoms with Gasteiger partial charge in [0.2, 0.25) is 0 Å². The lowest BCUT2D eigenvalue weighted by Crippen LogP contribution is -2.00. The Morgan fingerprint density at radius 3 is 2.70 bits per heavy atom. The van der Waals surface area contributed by atoms with Gasteiger partial charge in [-0.15, -0.1) is 0 Å². The molecule has 0 amide bonds. The average Bonchev–Trinajstić information content (AvgIpc) is 2.88. The van der Waals surface area contributed by atoms with E-state index in [-0.39, 0.29) is 0 Å². The van der Waals surface area contributed by atoms with Crippen molar-refractivity contribution in [3.63, 3.8) is 0 Å². The van der Waals surface area contributed by atoms with Gasteiger partial charge >= 0.3 is 5.97 Å². The molecule has 3 rings (SSSR count). The molecule has 0 fully saturated rings. The second-order valence-electron chi connectivity index (χ2n) is 4.69. The standard InChI is InChI=1S/C16H14N2O2/c19-16(20)14-1-2-15-13(11-14)6-10-18(15)9-5-12-3-7-17-8-4-12/h1-4,6-8,10-11H,5,9H2,(H,19,20). The Balaban J connectivity index is 1.84. The van der Waals surface area contributed by atoms with Crippen molar-refractivity contribution in [1.82, 2.24) is 9.55 Å². The number of aromatic nitrogens is 2. The number of pyridine rings is 1. The first-order chi connectivity index (χ1) is 9.74. The van der Waals surface area contributed by atoms with Crippen LogP contribution in [0.3, 0.4) is 0 Å². The van der Waals surface area contributed by atoms with Crippen molar-refractivity contribution >= 4 is 16.9 Å². The Labute approximate surface area is 116 Å². The average molecular weight is 266 g/mol. The highest BCUT2D eigenvalue weighted by molar-refractivity contribution is 5.93. The van der Waals surface area contributed by atoms with E-state index in [1.54, 1.807) is 24.5 Å². The third-order valence-electron chi connectivity index (χ3n) is 3.41. The number of aryl methyl sites for hydroxylation is 2. The summed E-state index contributed by atoms with van der Waals surface area (Å²) in [7, 11) is 0. The second-order valence-corrected chi connectivity index (χ2v) is 4.69. The summed E-state index contributed by atoms with van der Waals surface area (Å²) in [5.41, 5.74) is 2.62. The number of carboxylic acid groups (broad SMARTS) is 1. The molecule has 0 aliphatic carbocycles. The Bertz CT molecular complexity index is 748. The molecule has 0 spiro atoms. The monoisotopic (exact) mass is 266 g/mol. The predicted molar refractivity (Wildman–Crippen MR) is 76.8 cm³/mol. The van der Waals surface area contributed by atoms with Gasteiger partial charge in [0.15, 0.2) is 0 Å². The van der Waals surface area contributed by atoms with Gasteiger partial charge < -0.3 is 9.67 Å². The zero-order chi connectivity index (χ0) is 13.9. The van der Waals surface area contributed by atoms with Crippen LogP contribution in [0.1, 0.15) is 15.9 Å². The van der Waals surface area contributed by atoms with Gasteiger partial charge in [0.05, 0.1) is 5.56 Å². The van der Waals surface area contributed by atoms with E-state index in [1.165, 1.54) is 5.56 Å². The van der Waals surface area contributed by atoms with Crippen LogP contribution in [0.2, 0.25) is 0 Å². The highest BCUT2D eigenvalue weighted by Gasteiger charge is 2.06. The Morgan fingerprint density at radius 2 is 1.95 bits per heavy atom. The number of hydrogen-bond acceptors (Lipinski definition) is 2. The number of fused-ring (bicyclic) bond motifs is 1. The van der Waals surface area contributed by atoms with Crippen LogP contribution in [-0.2, 0) is 13.0 Å². The molecule has 4 nitrogen and oxygen atoms in total. The van der Waals surface area contributed by atoms with E-state index in [1.807, 2.05) is 30.5 Å². The van der Waals surface area contributed by atoms with Gasteiger partial charge in [-0.3, -0.25) is 4.98 Å². The van der Waals surface area contributed by atoms with E-state index in [4.69, 9.17) is 5.11 Å². The summed E-state index contributed by atoms with van der Waals surface area (Å²) in [6.07, 6.45) is 6.51. The lowest BCUT2D eigenvalue weighted by Gasteiger charge is -2.06.